The Morgan fingerprint density at radius 1 is 1.41 bits per heavy atom. The van der Waals surface area contributed by atoms with Gasteiger partial charge in [0.15, 0.2) is 4.47 Å². The molecule has 5 heteroatoms. The van der Waals surface area contributed by atoms with Gasteiger partial charge < -0.3 is 5.32 Å². The highest BCUT2D eigenvalue weighted by atomic mass is 35.5. The molecule has 0 radical (unpaired) electrons. The molecule has 0 aliphatic rings. The first-order valence-electron chi connectivity index (χ1n) is 5.17. The molecule has 0 spiro atoms. The lowest BCUT2D eigenvalue weighted by molar-refractivity contribution is 0.610. The molecule has 0 bridgehead atoms. The van der Waals surface area contributed by atoms with E-state index in [0.717, 1.165) is 10.6 Å². The van der Waals surface area contributed by atoms with Crippen LogP contribution in [0, 0.1) is 19.7 Å². The number of nitrogens with zero attached hydrogens (tertiary/aromatic N) is 1. The third-order valence-corrected chi connectivity index (χ3v) is 3.67. The predicted octanol–water partition coefficient (Wildman–Crippen LogP) is 4.16. The molecule has 0 fully saturated rings. The summed E-state index contributed by atoms with van der Waals surface area (Å²) < 4.78 is 14.2. The fourth-order valence-electron chi connectivity index (χ4n) is 1.56. The summed E-state index contributed by atoms with van der Waals surface area (Å²) in [6, 6.07) is 3.65. The van der Waals surface area contributed by atoms with E-state index in [2.05, 4.69) is 10.3 Å². The molecule has 0 aliphatic heterocycles. The van der Waals surface area contributed by atoms with Crippen molar-refractivity contribution >= 4 is 28.6 Å². The molecule has 1 heterocycles. The van der Waals surface area contributed by atoms with E-state index < -0.39 is 0 Å². The van der Waals surface area contributed by atoms with Crippen molar-refractivity contribution in [1.82, 2.24) is 4.98 Å². The number of hydrogen-bond acceptors (Lipinski definition) is 3. The fourth-order valence-corrected chi connectivity index (χ4v) is 2.48. The van der Waals surface area contributed by atoms with Crippen molar-refractivity contribution in [2.45, 2.75) is 20.4 Å². The summed E-state index contributed by atoms with van der Waals surface area (Å²) in [6.07, 6.45) is 1.72. The third-order valence-electron chi connectivity index (χ3n) is 2.56. The van der Waals surface area contributed by atoms with Gasteiger partial charge in [-0.05, 0) is 25.5 Å². The van der Waals surface area contributed by atoms with Gasteiger partial charge in [-0.1, -0.05) is 17.7 Å². The summed E-state index contributed by atoms with van der Waals surface area (Å²) in [4.78, 5) is 4.98. The Hall–Kier alpha value is -1.13. The van der Waals surface area contributed by atoms with Gasteiger partial charge in [-0.15, -0.1) is 11.3 Å². The Balaban J connectivity index is 2.12. The summed E-state index contributed by atoms with van der Waals surface area (Å²) in [6.45, 7) is 4.13. The third kappa shape index (κ3) is 2.76. The highest BCUT2D eigenvalue weighted by Gasteiger charge is 2.07. The zero-order valence-corrected chi connectivity index (χ0v) is 11.1. The lowest BCUT2D eigenvalue weighted by Crippen LogP contribution is -2.01. The molecule has 0 saturated heterocycles. The number of thiazole rings is 1. The zero-order valence-electron chi connectivity index (χ0n) is 9.55. The number of hydrogen-bond donors (Lipinski definition) is 1. The minimum absolute atomic E-state index is 0.155. The monoisotopic (exact) mass is 270 g/mol. The summed E-state index contributed by atoms with van der Waals surface area (Å²) in [5.41, 5.74) is 2.10. The minimum atomic E-state index is -0.155. The Morgan fingerprint density at radius 2 is 2.18 bits per heavy atom. The second-order valence-electron chi connectivity index (χ2n) is 3.80. The number of aromatic nitrogens is 1. The number of nitrogens with one attached hydrogen (secondary N) is 1. The number of anilines is 1. The van der Waals surface area contributed by atoms with Gasteiger partial charge in [0.1, 0.15) is 5.82 Å². The van der Waals surface area contributed by atoms with Crippen LogP contribution in [0.2, 0.25) is 4.47 Å². The van der Waals surface area contributed by atoms with Crippen molar-refractivity contribution < 1.29 is 4.39 Å². The van der Waals surface area contributed by atoms with Gasteiger partial charge in [0.05, 0.1) is 6.54 Å². The van der Waals surface area contributed by atoms with Gasteiger partial charge in [0.2, 0.25) is 0 Å². The summed E-state index contributed by atoms with van der Waals surface area (Å²) in [7, 11) is 0. The Labute approximate surface area is 108 Å². The van der Waals surface area contributed by atoms with Crippen LogP contribution >= 0.6 is 22.9 Å². The van der Waals surface area contributed by atoms with Crippen molar-refractivity contribution in [3.8, 4) is 0 Å². The first-order valence-corrected chi connectivity index (χ1v) is 6.37. The first kappa shape index (κ1) is 12.3. The van der Waals surface area contributed by atoms with Crippen LogP contribution in [0.5, 0.6) is 0 Å². The number of rotatable bonds is 3. The molecular formula is C12H12ClFN2S. The largest absolute Gasteiger partial charge is 0.380 e. The summed E-state index contributed by atoms with van der Waals surface area (Å²) >= 11 is 7.16. The lowest BCUT2D eigenvalue weighted by Gasteiger charge is -2.10. The highest BCUT2D eigenvalue weighted by molar-refractivity contribution is 7.15. The van der Waals surface area contributed by atoms with E-state index in [4.69, 9.17) is 11.6 Å². The van der Waals surface area contributed by atoms with E-state index in [9.17, 15) is 4.39 Å². The van der Waals surface area contributed by atoms with Gasteiger partial charge >= 0.3 is 0 Å². The van der Waals surface area contributed by atoms with Crippen LogP contribution in [0.15, 0.2) is 18.3 Å². The average Bonchev–Trinajstić information content (AvgIpc) is 2.71. The molecule has 2 nitrogen and oxygen atoms in total. The quantitative estimate of drug-likeness (QED) is 0.906. The molecule has 0 atom stereocenters. The fraction of sp³-hybridized carbons (Fsp3) is 0.250. The second-order valence-corrected chi connectivity index (χ2v) is 5.50. The van der Waals surface area contributed by atoms with Gasteiger partial charge in [0.25, 0.3) is 0 Å². The van der Waals surface area contributed by atoms with E-state index in [1.165, 1.54) is 11.3 Å². The lowest BCUT2D eigenvalue weighted by atomic mass is 10.1. The molecule has 2 rings (SSSR count). The highest BCUT2D eigenvalue weighted by Crippen LogP contribution is 2.23. The van der Waals surface area contributed by atoms with E-state index in [1.54, 1.807) is 26.1 Å². The van der Waals surface area contributed by atoms with Gasteiger partial charge in [0, 0.05) is 22.3 Å². The SMILES string of the molecule is Cc1ccc(NCc2cnc(Cl)s2)c(C)c1F. The average molecular weight is 271 g/mol. The summed E-state index contributed by atoms with van der Waals surface area (Å²) in [5, 5.41) is 3.18. The Kier molecular flexibility index (Phi) is 3.64. The van der Waals surface area contributed by atoms with E-state index >= 15 is 0 Å². The molecule has 0 saturated carbocycles. The first-order chi connectivity index (χ1) is 8.08. The molecule has 17 heavy (non-hydrogen) atoms. The summed E-state index contributed by atoms with van der Waals surface area (Å²) in [5.74, 6) is -0.155. The second kappa shape index (κ2) is 5.02. The molecule has 1 aromatic carbocycles. The Morgan fingerprint density at radius 3 is 2.82 bits per heavy atom. The number of aryl methyl sites for hydroxylation is 1. The van der Waals surface area contributed by atoms with Crippen molar-refractivity contribution in [3.05, 3.63) is 44.6 Å². The normalized spacial score (nSPS) is 10.6. The molecule has 0 aliphatic carbocycles. The molecule has 2 aromatic rings. The van der Waals surface area contributed by atoms with E-state index in [-0.39, 0.29) is 5.82 Å². The van der Waals surface area contributed by atoms with Crippen LogP contribution in [-0.2, 0) is 6.54 Å². The van der Waals surface area contributed by atoms with Crippen LogP contribution in [0.3, 0.4) is 0 Å². The van der Waals surface area contributed by atoms with E-state index in [0.29, 0.717) is 22.1 Å². The number of halogens is 2. The van der Waals surface area contributed by atoms with Crippen LogP contribution in [-0.4, -0.2) is 4.98 Å². The van der Waals surface area contributed by atoms with Crippen LogP contribution in [0.1, 0.15) is 16.0 Å². The molecule has 0 amide bonds. The van der Waals surface area contributed by atoms with Gasteiger partial charge in [-0.2, -0.15) is 0 Å². The number of benzene rings is 1. The van der Waals surface area contributed by atoms with Crippen LogP contribution in [0.25, 0.3) is 0 Å². The van der Waals surface area contributed by atoms with Gasteiger partial charge in [-0.25, -0.2) is 9.37 Å². The van der Waals surface area contributed by atoms with Crippen molar-refractivity contribution in [2.24, 2.45) is 0 Å². The topological polar surface area (TPSA) is 24.9 Å². The van der Waals surface area contributed by atoms with Crippen LogP contribution < -0.4 is 5.32 Å². The van der Waals surface area contributed by atoms with E-state index in [1.807, 2.05) is 6.07 Å². The van der Waals surface area contributed by atoms with Gasteiger partial charge in [-0.3, -0.25) is 0 Å². The zero-order chi connectivity index (χ0) is 12.4. The van der Waals surface area contributed by atoms with Crippen LogP contribution in [0.4, 0.5) is 10.1 Å². The maximum absolute atomic E-state index is 13.7. The molecule has 90 valence electrons. The standard InChI is InChI=1S/C12H12ClFN2S/c1-7-3-4-10(8(2)11(7)14)15-5-9-6-16-12(13)17-9/h3-4,6,15H,5H2,1-2H3. The molecule has 1 aromatic heterocycles. The maximum atomic E-state index is 13.7. The molecule has 0 unspecified atom stereocenters. The molecule has 1 N–H and O–H groups in total. The predicted molar refractivity (Wildman–Crippen MR) is 70.3 cm³/mol. The van der Waals surface area contributed by atoms with Crippen molar-refractivity contribution in [2.75, 3.05) is 5.32 Å². The van der Waals surface area contributed by atoms with Crippen molar-refractivity contribution in [3.63, 3.8) is 0 Å². The Bertz CT molecular complexity index is 539. The minimum Gasteiger partial charge on any atom is -0.380 e. The molecular weight excluding hydrogens is 259 g/mol. The smallest absolute Gasteiger partial charge is 0.183 e. The maximum Gasteiger partial charge on any atom is 0.183 e. The van der Waals surface area contributed by atoms with Crippen molar-refractivity contribution in [1.29, 1.82) is 0 Å².